The fraction of sp³-hybridized carbons (Fsp3) is 1.00. The molecule has 0 aliphatic carbocycles. The van der Waals surface area contributed by atoms with Crippen LogP contribution in [-0.2, 0) is 0 Å². The first-order valence-corrected chi connectivity index (χ1v) is 7.02. The van der Waals surface area contributed by atoms with Gasteiger partial charge >= 0.3 is 0 Å². The molecule has 1 atom stereocenters. The Labute approximate surface area is 105 Å². The minimum atomic E-state index is 0.358. The number of aliphatic hydroxyl groups excluding tert-OH is 1. The van der Waals surface area contributed by atoms with E-state index in [-0.39, 0.29) is 0 Å². The van der Waals surface area contributed by atoms with Crippen molar-refractivity contribution in [3.63, 3.8) is 0 Å². The maximum Gasteiger partial charge on any atom is 0.0434 e. The highest BCUT2D eigenvalue weighted by Crippen LogP contribution is 2.18. The normalized spacial score (nSPS) is 28.9. The second kappa shape index (κ2) is 6.69. The number of hydrogen-bond donors (Lipinski definition) is 1. The molecule has 0 aromatic heterocycles. The Morgan fingerprint density at radius 1 is 1.00 bits per heavy atom. The van der Waals surface area contributed by atoms with Gasteiger partial charge in [-0.15, -0.1) is 0 Å². The van der Waals surface area contributed by atoms with Crippen LogP contribution in [0.1, 0.15) is 12.8 Å². The summed E-state index contributed by atoms with van der Waals surface area (Å²) in [6.07, 6.45) is 2.27. The van der Waals surface area contributed by atoms with E-state index in [4.69, 9.17) is 5.11 Å². The van der Waals surface area contributed by atoms with Crippen molar-refractivity contribution in [1.82, 2.24) is 14.7 Å². The predicted octanol–water partition coefficient (Wildman–Crippen LogP) is -0.0619. The van der Waals surface area contributed by atoms with Crippen molar-refractivity contribution >= 4 is 0 Å². The van der Waals surface area contributed by atoms with Crippen LogP contribution in [0.3, 0.4) is 0 Å². The molecule has 2 fully saturated rings. The highest BCUT2D eigenvalue weighted by atomic mass is 16.3. The summed E-state index contributed by atoms with van der Waals surface area (Å²) in [5, 5.41) is 8.94. The zero-order chi connectivity index (χ0) is 12.1. The Bertz CT molecular complexity index is 217. The van der Waals surface area contributed by atoms with E-state index in [1.807, 2.05) is 0 Å². The van der Waals surface area contributed by atoms with Gasteiger partial charge in [0, 0.05) is 52.4 Å². The van der Waals surface area contributed by atoms with Crippen molar-refractivity contribution in [1.29, 1.82) is 0 Å². The van der Waals surface area contributed by atoms with Crippen molar-refractivity contribution < 1.29 is 5.11 Å². The van der Waals surface area contributed by atoms with Gasteiger partial charge in [-0.2, -0.15) is 0 Å². The van der Waals surface area contributed by atoms with E-state index in [0.29, 0.717) is 6.61 Å². The van der Waals surface area contributed by atoms with E-state index in [1.165, 1.54) is 58.8 Å². The van der Waals surface area contributed by atoms with Gasteiger partial charge in [0.25, 0.3) is 0 Å². The highest BCUT2D eigenvalue weighted by Gasteiger charge is 2.22. The molecule has 2 rings (SSSR count). The van der Waals surface area contributed by atoms with Crippen LogP contribution in [0.4, 0.5) is 0 Å². The van der Waals surface area contributed by atoms with Gasteiger partial charge in [0.1, 0.15) is 0 Å². The third-order valence-corrected chi connectivity index (χ3v) is 4.24. The van der Waals surface area contributed by atoms with Crippen LogP contribution >= 0.6 is 0 Å². The van der Waals surface area contributed by atoms with Crippen molar-refractivity contribution in [3.05, 3.63) is 0 Å². The number of piperazine rings is 1. The van der Waals surface area contributed by atoms with Crippen molar-refractivity contribution in [2.45, 2.75) is 12.8 Å². The van der Waals surface area contributed by atoms with Crippen molar-refractivity contribution in [2.24, 2.45) is 5.92 Å². The van der Waals surface area contributed by atoms with Crippen LogP contribution in [-0.4, -0.2) is 85.8 Å². The maximum atomic E-state index is 8.94. The van der Waals surface area contributed by atoms with Gasteiger partial charge in [-0.3, -0.25) is 4.90 Å². The van der Waals surface area contributed by atoms with Gasteiger partial charge in [0.2, 0.25) is 0 Å². The Balaban J connectivity index is 1.59. The smallest absolute Gasteiger partial charge is 0.0434 e. The summed E-state index contributed by atoms with van der Waals surface area (Å²) < 4.78 is 0. The monoisotopic (exact) mass is 241 g/mol. The largest absolute Gasteiger partial charge is 0.396 e. The number of rotatable bonds is 5. The van der Waals surface area contributed by atoms with Gasteiger partial charge < -0.3 is 14.9 Å². The first-order valence-electron chi connectivity index (χ1n) is 7.02. The predicted molar refractivity (Wildman–Crippen MR) is 70.2 cm³/mol. The lowest BCUT2D eigenvalue weighted by molar-refractivity contribution is 0.139. The number of likely N-dealkylation sites (N-methyl/N-ethyl adjacent to an activating group) is 1. The zero-order valence-electron chi connectivity index (χ0n) is 11.1. The minimum absolute atomic E-state index is 0.358. The third-order valence-electron chi connectivity index (χ3n) is 4.24. The van der Waals surface area contributed by atoms with Gasteiger partial charge in [0.15, 0.2) is 0 Å². The number of hydrogen-bond acceptors (Lipinski definition) is 4. The van der Waals surface area contributed by atoms with Gasteiger partial charge in [-0.1, -0.05) is 0 Å². The summed E-state index contributed by atoms with van der Waals surface area (Å²) in [5.74, 6) is 0.743. The summed E-state index contributed by atoms with van der Waals surface area (Å²) in [6.45, 7) is 10.1. The molecule has 4 heteroatoms. The summed E-state index contributed by atoms with van der Waals surface area (Å²) in [6, 6.07) is 0. The van der Waals surface area contributed by atoms with Crippen LogP contribution in [0.2, 0.25) is 0 Å². The van der Waals surface area contributed by atoms with Crippen molar-refractivity contribution in [3.8, 4) is 0 Å². The Hall–Kier alpha value is -0.160. The second-order valence-corrected chi connectivity index (χ2v) is 5.61. The summed E-state index contributed by atoms with van der Waals surface area (Å²) >= 11 is 0. The number of likely N-dealkylation sites (tertiary alicyclic amines) is 1. The first kappa shape index (κ1) is 13.3. The SMILES string of the molecule is CN1CCN(CCN2CCC(CCO)C2)CC1. The molecule has 2 aliphatic rings. The Morgan fingerprint density at radius 2 is 1.71 bits per heavy atom. The van der Waals surface area contributed by atoms with Crippen LogP contribution in [0.15, 0.2) is 0 Å². The van der Waals surface area contributed by atoms with E-state index in [1.54, 1.807) is 0 Å². The molecule has 0 spiro atoms. The quantitative estimate of drug-likeness (QED) is 0.730. The standard InChI is InChI=1S/C13H27N3O/c1-14-5-7-15(8-6-14)9-10-16-4-2-13(12-16)3-11-17/h13,17H,2-12H2,1H3. The molecule has 0 saturated carbocycles. The fourth-order valence-corrected chi connectivity index (χ4v) is 2.89. The van der Waals surface area contributed by atoms with E-state index < -0.39 is 0 Å². The van der Waals surface area contributed by atoms with Gasteiger partial charge in [-0.25, -0.2) is 0 Å². The highest BCUT2D eigenvalue weighted by molar-refractivity contribution is 4.77. The Kier molecular flexibility index (Phi) is 5.22. The van der Waals surface area contributed by atoms with E-state index in [2.05, 4.69) is 21.7 Å². The van der Waals surface area contributed by atoms with Crippen molar-refractivity contribution in [2.75, 3.05) is 66.0 Å². The number of nitrogens with zero attached hydrogens (tertiary/aromatic N) is 3. The molecule has 0 radical (unpaired) electrons. The van der Waals surface area contributed by atoms with Crippen LogP contribution in [0, 0.1) is 5.92 Å². The van der Waals surface area contributed by atoms with Gasteiger partial charge in [-0.05, 0) is 32.4 Å². The van der Waals surface area contributed by atoms with E-state index >= 15 is 0 Å². The Morgan fingerprint density at radius 3 is 2.41 bits per heavy atom. The first-order chi connectivity index (χ1) is 8.28. The average Bonchev–Trinajstić information content (AvgIpc) is 2.77. The lowest BCUT2D eigenvalue weighted by atomic mass is 10.1. The molecule has 0 bridgehead atoms. The molecule has 1 N–H and O–H groups in total. The molecule has 2 aliphatic heterocycles. The lowest BCUT2D eigenvalue weighted by Crippen LogP contribution is -2.46. The maximum absolute atomic E-state index is 8.94. The molecule has 100 valence electrons. The van der Waals surface area contributed by atoms with Crippen LogP contribution in [0.5, 0.6) is 0 Å². The third kappa shape index (κ3) is 4.21. The van der Waals surface area contributed by atoms with Crippen LogP contribution < -0.4 is 0 Å². The van der Waals surface area contributed by atoms with Gasteiger partial charge in [0.05, 0.1) is 0 Å². The average molecular weight is 241 g/mol. The number of aliphatic hydroxyl groups is 1. The molecule has 2 heterocycles. The molecule has 0 amide bonds. The second-order valence-electron chi connectivity index (χ2n) is 5.61. The van der Waals surface area contributed by atoms with E-state index in [9.17, 15) is 0 Å². The molecule has 1 unspecified atom stereocenters. The molecular formula is C13H27N3O. The molecule has 2 saturated heterocycles. The fourth-order valence-electron chi connectivity index (χ4n) is 2.89. The molecular weight excluding hydrogens is 214 g/mol. The summed E-state index contributed by atoms with van der Waals surface area (Å²) in [4.78, 5) is 7.56. The topological polar surface area (TPSA) is 30.0 Å². The summed E-state index contributed by atoms with van der Waals surface area (Å²) in [5.41, 5.74) is 0. The molecule has 17 heavy (non-hydrogen) atoms. The molecule has 0 aromatic carbocycles. The molecule has 0 aromatic rings. The zero-order valence-corrected chi connectivity index (χ0v) is 11.1. The lowest BCUT2D eigenvalue weighted by Gasteiger charge is -2.33. The van der Waals surface area contributed by atoms with E-state index in [0.717, 1.165) is 12.3 Å². The van der Waals surface area contributed by atoms with Crippen LogP contribution in [0.25, 0.3) is 0 Å². The minimum Gasteiger partial charge on any atom is -0.396 e. The molecule has 4 nitrogen and oxygen atoms in total. The summed E-state index contributed by atoms with van der Waals surface area (Å²) in [7, 11) is 2.21.